The number of imidazole rings is 1. The number of fused-ring (bicyclic) bond motifs is 1. The third-order valence-corrected chi connectivity index (χ3v) is 2.68. The van der Waals surface area contributed by atoms with Crippen molar-refractivity contribution in [3.63, 3.8) is 0 Å². The van der Waals surface area contributed by atoms with Crippen molar-refractivity contribution in [2.24, 2.45) is 12.8 Å². The maximum absolute atomic E-state index is 12.8. The summed E-state index contributed by atoms with van der Waals surface area (Å²) in [6.45, 7) is 0.897. The first kappa shape index (κ1) is 11.8. The van der Waals surface area contributed by atoms with Crippen LogP contribution in [-0.4, -0.2) is 20.7 Å². The third-order valence-electron chi connectivity index (χ3n) is 2.68. The van der Waals surface area contributed by atoms with Gasteiger partial charge in [0.05, 0.1) is 0 Å². The van der Waals surface area contributed by atoms with Gasteiger partial charge in [-0.15, -0.1) is 0 Å². The van der Waals surface area contributed by atoms with Crippen molar-refractivity contribution in [3.05, 3.63) is 24.2 Å². The molecule has 0 bridgehead atoms. The number of alkyl halides is 3. The fourth-order valence-corrected chi connectivity index (χ4v) is 1.61. The van der Waals surface area contributed by atoms with Gasteiger partial charge in [-0.1, -0.05) is 0 Å². The summed E-state index contributed by atoms with van der Waals surface area (Å²) in [5, 5.41) is 0. The Morgan fingerprint density at radius 2 is 2.00 bits per heavy atom. The van der Waals surface area contributed by atoms with Crippen LogP contribution in [-0.2, 0) is 12.6 Å². The van der Waals surface area contributed by atoms with Gasteiger partial charge in [-0.25, -0.2) is 9.97 Å². The zero-order valence-corrected chi connectivity index (χ0v) is 9.28. The summed E-state index contributed by atoms with van der Waals surface area (Å²) >= 11 is 0. The van der Waals surface area contributed by atoms with Crippen molar-refractivity contribution in [2.45, 2.75) is 18.6 Å². The van der Waals surface area contributed by atoms with E-state index in [2.05, 4.69) is 9.97 Å². The molecule has 1 unspecified atom stereocenters. The number of pyridine rings is 1. The molecule has 0 aromatic carbocycles. The van der Waals surface area contributed by atoms with Crippen LogP contribution in [0.25, 0.3) is 11.2 Å². The molecule has 2 N–H and O–H groups in total. The second-order valence-electron chi connectivity index (χ2n) is 4.04. The summed E-state index contributed by atoms with van der Waals surface area (Å²) in [5.41, 5.74) is 3.62. The van der Waals surface area contributed by atoms with Crippen molar-refractivity contribution in [1.82, 2.24) is 14.5 Å². The van der Waals surface area contributed by atoms with Crippen LogP contribution in [0.4, 0.5) is 13.2 Å². The third kappa shape index (κ3) is 1.66. The van der Waals surface area contributed by atoms with Crippen molar-refractivity contribution < 1.29 is 13.2 Å². The Balaban J connectivity index is 2.68. The highest BCUT2D eigenvalue weighted by Crippen LogP contribution is 2.36. The molecule has 0 aliphatic carbocycles. The first-order valence-corrected chi connectivity index (χ1v) is 4.88. The number of hydrogen-bond donors (Lipinski definition) is 1. The van der Waals surface area contributed by atoms with Crippen LogP contribution >= 0.6 is 0 Å². The van der Waals surface area contributed by atoms with E-state index in [0.29, 0.717) is 11.2 Å². The summed E-state index contributed by atoms with van der Waals surface area (Å²) in [5.74, 6) is -0.251. The molecule has 92 valence electrons. The lowest BCUT2D eigenvalue weighted by molar-refractivity contribution is -0.186. The minimum absolute atomic E-state index is 0.251. The largest absolute Gasteiger partial charge is 0.413 e. The number of hydrogen-bond acceptors (Lipinski definition) is 3. The average Bonchev–Trinajstić information content (AvgIpc) is 2.56. The zero-order valence-electron chi connectivity index (χ0n) is 9.28. The minimum atomic E-state index is -4.57. The molecule has 1 atom stereocenters. The highest BCUT2D eigenvalue weighted by molar-refractivity contribution is 5.71. The molecule has 7 heteroatoms. The van der Waals surface area contributed by atoms with E-state index in [4.69, 9.17) is 5.73 Å². The molecule has 17 heavy (non-hydrogen) atoms. The van der Waals surface area contributed by atoms with E-state index in [0.717, 1.165) is 6.92 Å². The molecule has 0 aliphatic heterocycles. The Labute approximate surface area is 95.3 Å². The number of nitrogens with zero attached hydrogens (tertiary/aromatic N) is 3. The van der Waals surface area contributed by atoms with Gasteiger partial charge < -0.3 is 10.3 Å². The molecule has 0 spiro atoms. The predicted molar refractivity (Wildman–Crippen MR) is 56.1 cm³/mol. The SMILES string of the molecule is Cn1c(C(C)(N)C(F)(F)F)nc2cccnc21. The monoisotopic (exact) mass is 244 g/mol. The van der Waals surface area contributed by atoms with Crippen molar-refractivity contribution in [2.75, 3.05) is 0 Å². The maximum atomic E-state index is 12.8. The van der Waals surface area contributed by atoms with Crippen molar-refractivity contribution in [3.8, 4) is 0 Å². The van der Waals surface area contributed by atoms with Gasteiger partial charge in [-0.05, 0) is 19.1 Å². The highest BCUT2D eigenvalue weighted by Gasteiger charge is 2.52. The lowest BCUT2D eigenvalue weighted by atomic mass is 10.0. The fourth-order valence-electron chi connectivity index (χ4n) is 1.61. The summed E-state index contributed by atoms with van der Waals surface area (Å²) in [6.07, 6.45) is -3.07. The standard InChI is InChI=1S/C10H11F3N4/c1-9(14,10(11,12)13)8-16-6-4-3-5-15-7(6)17(8)2/h3-5H,14H2,1-2H3. The van der Waals surface area contributed by atoms with Crippen LogP contribution in [0, 0.1) is 0 Å². The molecule has 0 aliphatic rings. The minimum Gasteiger partial charge on any atom is -0.314 e. The summed E-state index contributed by atoms with van der Waals surface area (Å²) < 4.78 is 39.8. The van der Waals surface area contributed by atoms with Gasteiger partial charge in [-0.3, -0.25) is 0 Å². The number of rotatable bonds is 1. The van der Waals surface area contributed by atoms with E-state index in [1.807, 2.05) is 0 Å². The Morgan fingerprint density at radius 3 is 2.53 bits per heavy atom. The van der Waals surface area contributed by atoms with Gasteiger partial charge in [0.15, 0.2) is 11.2 Å². The molecule has 0 radical (unpaired) electrons. The Bertz CT molecular complexity index is 556. The predicted octanol–water partition coefficient (Wildman–Crippen LogP) is 1.70. The molecule has 2 rings (SSSR count). The first-order chi connectivity index (χ1) is 7.75. The number of halogens is 3. The second-order valence-corrected chi connectivity index (χ2v) is 4.04. The van der Waals surface area contributed by atoms with Gasteiger partial charge in [0.25, 0.3) is 0 Å². The summed E-state index contributed by atoms with van der Waals surface area (Å²) in [6, 6.07) is 3.21. The van der Waals surface area contributed by atoms with Gasteiger partial charge in [0.2, 0.25) is 0 Å². The Morgan fingerprint density at radius 1 is 1.35 bits per heavy atom. The lowest BCUT2D eigenvalue weighted by Crippen LogP contribution is -2.49. The average molecular weight is 244 g/mol. The smallest absolute Gasteiger partial charge is 0.314 e. The van der Waals surface area contributed by atoms with E-state index in [-0.39, 0.29) is 5.82 Å². The second kappa shape index (κ2) is 3.43. The van der Waals surface area contributed by atoms with Crippen molar-refractivity contribution >= 4 is 11.2 Å². The molecule has 0 fully saturated rings. The number of aryl methyl sites for hydroxylation is 1. The van der Waals surface area contributed by atoms with Crippen molar-refractivity contribution in [1.29, 1.82) is 0 Å². The van der Waals surface area contributed by atoms with Gasteiger partial charge >= 0.3 is 6.18 Å². The summed E-state index contributed by atoms with van der Waals surface area (Å²) in [4.78, 5) is 7.88. The highest BCUT2D eigenvalue weighted by atomic mass is 19.4. The molecule has 0 amide bonds. The van der Waals surface area contributed by atoms with Gasteiger partial charge in [0, 0.05) is 13.2 Å². The molecule has 4 nitrogen and oxygen atoms in total. The maximum Gasteiger partial charge on any atom is 0.413 e. The molecular weight excluding hydrogens is 233 g/mol. The van der Waals surface area contributed by atoms with Crippen LogP contribution in [0.1, 0.15) is 12.7 Å². The topological polar surface area (TPSA) is 56.7 Å². The Hall–Kier alpha value is -1.63. The van der Waals surface area contributed by atoms with Crippen LogP contribution < -0.4 is 5.73 Å². The molecule has 0 saturated heterocycles. The van der Waals surface area contributed by atoms with E-state index in [9.17, 15) is 13.2 Å². The first-order valence-electron chi connectivity index (χ1n) is 4.88. The Kier molecular flexibility index (Phi) is 2.39. The number of nitrogens with two attached hydrogens (primary N) is 1. The molecule has 2 aromatic heterocycles. The van der Waals surface area contributed by atoms with E-state index in [1.165, 1.54) is 17.8 Å². The molecule has 0 saturated carbocycles. The molecular formula is C10H11F3N4. The van der Waals surface area contributed by atoms with E-state index in [1.54, 1.807) is 12.1 Å². The summed E-state index contributed by atoms with van der Waals surface area (Å²) in [7, 11) is 1.47. The van der Waals surface area contributed by atoms with Crippen LogP contribution in [0.2, 0.25) is 0 Å². The lowest BCUT2D eigenvalue weighted by Gasteiger charge is -2.26. The van der Waals surface area contributed by atoms with E-state index < -0.39 is 11.7 Å². The molecule has 2 heterocycles. The molecule has 2 aromatic rings. The number of aromatic nitrogens is 3. The van der Waals surface area contributed by atoms with Crippen LogP contribution in [0.15, 0.2) is 18.3 Å². The quantitative estimate of drug-likeness (QED) is 0.830. The van der Waals surface area contributed by atoms with Crippen LogP contribution in [0.3, 0.4) is 0 Å². The normalized spacial score (nSPS) is 16.1. The van der Waals surface area contributed by atoms with Crippen LogP contribution in [0.5, 0.6) is 0 Å². The zero-order chi connectivity index (χ0) is 12.8. The van der Waals surface area contributed by atoms with Gasteiger partial charge in [0.1, 0.15) is 11.3 Å². The van der Waals surface area contributed by atoms with E-state index >= 15 is 0 Å². The van der Waals surface area contributed by atoms with Gasteiger partial charge in [-0.2, -0.15) is 13.2 Å². The fraction of sp³-hybridized carbons (Fsp3) is 0.400.